The van der Waals surface area contributed by atoms with Gasteiger partial charge in [-0.1, -0.05) is 36.4 Å². The Kier molecular flexibility index (Phi) is 5.46. The van der Waals surface area contributed by atoms with Gasteiger partial charge in [-0.2, -0.15) is 0 Å². The van der Waals surface area contributed by atoms with E-state index in [0.717, 1.165) is 11.1 Å². The molecule has 1 aliphatic rings. The molecule has 140 valence electrons. The van der Waals surface area contributed by atoms with E-state index >= 15 is 0 Å². The average molecular weight is 423 g/mol. The van der Waals surface area contributed by atoms with Gasteiger partial charge >= 0.3 is 5.97 Å². The fraction of sp³-hybridized carbons (Fsp3) is 0.381. The first-order valence-electron chi connectivity index (χ1n) is 10.2. The number of fused-ring (bicyclic) bond motifs is 2. The highest BCUT2D eigenvalue weighted by molar-refractivity contribution is 5.85. The molecule has 0 fully saturated rings. The molecule has 26 heavy (non-hydrogen) atoms. The van der Waals surface area contributed by atoms with Crippen LogP contribution in [0.4, 0.5) is 0 Å². The van der Waals surface area contributed by atoms with E-state index in [1.165, 1.54) is 0 Å². The summed E-state index contributed by atoms with van der Waals surface area (Å²) in [4.78, 5) is 13.0. The maximum atomic E-state index is 13.0. The monoisotopic (exact) mass is 422 g/mol. The van der Waals surface area contributed by atoms with E-state index in [-0.39, 0.29) is 40.6 Å². The average Bonchev–Trinajstić information content (AvgIpc) is 2.68. The van der Waals surface area contributed by atoms with Crippen molar-refractivity contribution in [3.8, 4) is 11.5 Å². The van der Waals surface area contributed by atoms with Crippen molar-refractivity contribution < 1.29 is 39.8 Å². The standard InChI is InChI=1S/C21H26NO3.BrH/c1-4-22(3,5-2)14-15-24-21(23)20-16-10-6-8-12-18(16)25-19-13-9-7-11-17(19)20;/h6-13,20H,4-5,14-15H2,1-3H3;1H/q+1;/p-1/i3D3;. The van der Waals surface area contributed by atoms with Crippen molar-refractivity contribution in [1.29, 1.82) is 0 Å². The molecule has 0 amide bonds. The number of nitrogens with zero attached hydrogens (tertiary/aromatic N) is 1. The lowest BCUT2D eigenvalue weighted by Gasteiger charge is -2.32. The summed E-state index contributed by atoms with van der Waals surface area (Å²) in [6.07, 6.45) is 0. The summed E-state index contributed by atoms with van der Waals surface area (Å²) in [6, 6.07) is 14.8. The van der Waals surface area contributed by atoms with Gasteiger partial charge in [0.1, 0.15) is 30.6 Å². The molecular formula is C21H26BrNO3. The van der Waals surface area contributed by atoms with Gasteiger partial charge in [-0.05, 0) is 26.0 Å². The van der Waals surface area contributed by atoms with Crippen molar-refractivity contribution in [2.75, 3.05) is 33.2 Å². The van der Waals surface area contributed by atoms with Gasteiger partial charge in [0.2, 0.25) is 0 Å². The highest BCUT2D eigenvalue weighted by Gasteiger charge is 2.33. The summed E-state index contributed by atoms with van der Waals surface area (Å²) in [5.74, 6) is 0.300. The van der Waals surface area contributed by atoms with E-state index in [1.54, 1.807) is 0 Å². The van der Waals surface area contributed by atoms with Gasteiger partial charge in [0.25, 0.3) is 0 Å². The Balaban J connectivity index is 0.00000300. The van der Waals surface area contributed by atoms with Gasteiger partial charge < -0.3 is 30.9 Å². The third kappa shape index (κ3) is 4.10. The number of hydrogen-bond acceptors (Lipinski definition) is 3. The first-order chi connectivity index (χ1) is 13.3. The fourth-order valence-corrected chi connectivity index (χ4v) is 3.11. The Labute approximate surface area is 170 Å². The Hall–Kier alpha value is -1.85. The Morgan fingerprint density at radius 1 is 1.08 bits per heavy atom. The minimum Gasteiger partial charge on any atom is -1.00 e. The van der Waals surface area contributed by atoms with Gasteiger partial charge in [0, 0.05) is 11.1 Å². The second-order valence-corrected chi connectivity index (χ2v) is 6.28. The summed E-state index contributed by atoms with van der Waals surface area (Å²) in [5, 5.41) is 0. The number of esters is 1. The van der Waals surface area contributed by atoms with E-state index in [1.807, 2.05) is 62.4 Å². The van der Waals surface area contributed by atoms with Crippen LogP contribution >= 0.6 is 0 Å². The highest BCUT2D eigenvalue weighted by Crippen LogP contribution is 2.44. The maximum absolute atomic E-state index is 13.0. The van der Waals surface area contributed by atoms with Gasteiger partial charge in [-0.3, -0.25) is 4.79 Å². The van der Waals surface area contributed by atoms with Crippen LogP contribution in [0.2, 0.25) is 0 Å². The smallest absolute Gasteiger partial charge is 0.318 e. The van der Waals surface area contributed by atoms with E-state index in [9.17, 15) is 4.79 Å². The first kappa shape index (κ1) is 16.3. The van der Waals surface area contributed by atoms with Crippen molar-refractivity contribution in [1.82, 2.24) is 0 Å². The summed E-state index contributed by atoms with van der Waals surface area (Å²) in [6.45, 7) is 2.77. The number of carbonyl (C=O) groups excluding carboxylic acids is 1. The number of halogens is 1. The molecule has 4 nitrogen and oxygen atoms in total. The molecule has 0 atom stereocenters. The minimum atomic E-state index is -2.15. The molecule has 1 aliphatic heterocycles. The van der Waals surface area contributed by atoms with Crippen molar-refractivity contribution in [2.24, 2.45) is 0 Å². The molecule has 0 saturated heterocycles. The molecule has 5 heteroatoms. The quantitative estimate of drug-likeness (QED) is 0.513. The molecule has 3 rings (SSSR count). The van der Waals surface area contributed by atoms with E-state index in [2.05, 4.69) is 0 Å². The second kappa shape index (κ2) is 8.69. The molecule has 0 bridgehead atoms. The number of quaternary nitrogens is 1. The van der Waals surface area contributed by atoms with Crippen LogP contribution in [0.3, 0.4) is 0 Å². The number of benzene rings is 2. The van der Waals surface area contributed by atoms with E-state index < -0.39 is 12.9 Å². The zero-order chi connectivity index (χ0) is 20.4. The maximum Gasteiger partial charge on any atom is 0.318 e. The number of rotatable bonds is 6. The molecule has 0 saturated carbocycles. The molecule has 1 heterocycles. The van der Waals surface area contributed by atoms with Crippen LogP contribution in [0, 0.1) is 0 Å². The van der Waals surface area contributed by atoms with Crippen LogP contribution < -0.4 is 21.7 Å². The molecule has 0 aliphatic carbocycles. The molecule has 0 aromatic heterocycles. The Morgan fingerprint density at radius 3 is 2.12 bits per heavy atom. The molecule has 2 aromatic rings. The van der Waals surface area contributed by atoms with Crippen molar-refractivity contribution in [2.45, 2.75) is 19.8 Å². The summed E-state index contributed by atoms with van der Waals surface area (Å²) in [7, 11) is 0. The van der Waals surface area contributed by atoms with Crippen LogP contribution in [0.5, 0.6) is 11.5 Å². The summed E-state index contributed by atoms with van der Waals surface area (Å²) < 4.78 is 35.0. The van der Waals surface area contributed by atoms with Crippen LogP contribution in [0.1, 0.15) is 35.0 Å². The van der Waals surface area contributed by atoms with Crippen molar-refractivity contribution in [3.63, 3.8) is 0 Å². The van der Waals surface area contributed by atoms with Crippen molar-refractivity contribution >= 4 is 5.97 Å². The molecular weight excluding hydrogens is 394 g/mol. The lowest BCUT2D eigenvalue weighted by atomic mass is 9.88. The highest BCUT2D eigenvalue weighted by atomic mass is 79.9. The predicted molar refractivity (Wildman–Crippen MR) is 97.9 cm³/mol. The first-order valence-corrected chi connectivity index (χ1v) is 8.71. The Bertz CT molecular complexity index is 808. The Morgan fingerprint density at radius 2 is 1.62 bits per heavy atom. The molecule has 0 spiro atoms. The normalized spacial score (nSPS) is 15.2. The van der Waals surface area contributed by atoms with Gasteiger partial charge in [0.15, 0.2) is 0 Å². The van der Waals surface area contributed by atoms with E-state index in [4.69, 9.17) is 13.6 Å². The second-order valence-electron chi connectivity index (χ2n) is 6.28. The lowest BCUT2D eigenvalue weighted by Crippen LogP contribution is -3.00. The number of likely N-dealkylation sites (N-methyl/N-ethyl adjacent to an activating group) is 1. The summed E-state index contributed by atoms with van der Waals surface area (Å²) in [5.41, 5.74) is 1.52. The molecule has 2 aromatic carbocycles. The van der Waals surface area contributed by atoms with Crippen LogP contribution in [-0.4, -0.2) is 43.7 Å². The minimum absolute atomic E-state index is 0. The number of ether oxygens (including phenoxy) is 2. The molecule has 0 unspecified atom stereocenters. The predicted octanol–water partition coefficient (Wildman–Crippen LogP) is 0.958. The SMILES string of the molecule is [2H]C([2H])([2H])[N+](CC)(CC)CCOC(=O)C1c2ccccc2Oc2ccccc21.[Br-]. The van der Waals surface area contributed by atoms with Gasteiger partial charge in [-0.25, -0.2) is 0 Å². The van der Waals surface area contributed by atoms with Gasteiger partial charge in [-0.15, -0.1) is 0 Å². The third-order valence-electron chi connectivity index (χ3n) is 4.89. The third-order valence-corrected chi connectivity index (χ3v) is 4.89. The fourth-order valence-electron chi connectivity index (χ4n) is 3.11. The zero-order valence-corrected chi connectivity index (χ0v) is 16.7. The van der Waals surface area contributed by atoms with Crippen LogP contribution in [0.25, 0.3) is 0 Å². The number of para-hydroxylation sites is 2. The molecule has 0 radical (unpaired) electrons. The largest absolute Gasteiger partial charge is 1.00 e. The lowest BCUT2D eigenvalue weighted by molar-refractivity contribution is -0.906. The summed E-state index contributed by atoms with van der Waals surface area (Å²) >= 11 is 0. The van der Waals surface area contributed by atoms with Gasteiger partial charge in [0.05, 0.1) is 24.2 Å². The number of carbonyl (C=O) groups is 1. The van der Waals surface area contributed by atoms with Crippen LogP contribution in [-0.2, 0) is 9.53 Å². The van der Waals surface area contributed by atoms with Crippen LogP contribution in [0.15, 0.2) is 48.5 Å². The van der Waals surface area contributed by atoms with E-state index in [0.29, 0.717) is 24.6 Å². The topological polar surface area (TPSA) is 35.5 Å². The van der Waals surface area contributed by atoms with Crippen molar-refractivity contribution in [3.05, 3.63) is 59.7 Å². The molecule has 0 N–H and O–H groups in total. The number of hydrogen-bond donors (Lipinski definition) is 0. The zero-order valence-electron chi connectivity index (χ0n) is 18.1.